The maximum absolute atomic E-state index is 8.17. The van der Waals surface area contributed by atoms with Crippen LogP contribution in [0.15, 0.2) is 0 Å². The van der Waals surface area contributed by atoms with Crippen molar-refractivity contribution in [2.45, 2.75) is 6.10 Å². The summed E-state index contributed by atoms with van der Waals surface area (Å²) in [4.78, 5) is 0. The molecule has 0 aromatic heterocycles. The summed E-state index contributed by atoms with van der Waals surface area (Å²) in [6.45, 7) is -0.729. The first-order valence-electron chi connectivity index (χ1n) is 1.71. The number of aliphatic hydroxyl groups is 3. The third-order valence-electron chi connectivity index (χ3n) is 0.421. The Morgan fingerprint density at radius 3 is 0.556 bits per heavy atom. The Hall–Kier alpha value is -0.600. The molecule has 0 saturated carbocycles. The molecule has 0 atom stereocenters. The van der Waals surface area contributed by atoms with Crippen LogP contribution in [0.2, 0.25) is 0 Å². The van der Waals surface area contributed by atoms with Gasteiger partial charge in [-0.15, -0.1) is 0 Å². The van der Waals surface area contributed by atoms with E-state index in [-0.39, 0.29) is 78.9 Å². The van der Waals surface area contributed by atoms with E-state index in [1.807, 2.05) is 0 Å². The van der Waals surface area contributed by atoms with Crippen molar-refractivity contribution in [1.29, 1.82) is 0 Å². The molecule has 18 heavy (non-hydrogen) atoms. The van der Waals surface area contributed by atoms with E-state index in [1.165, 1.54) is 0 Å². The van der Waals surface area contributed by atoms with Crippen LogP contribution in [0.5, 0.6) is 0 Å². The number of aliphatic hydroxyl groups excluding tert-OH is 3. The highest BCUT2D eigenvalue weighted by atomic mass is 16.3. The molecule has 0 aliphatic rings. The molecule has 0 aliphatic carbocycles. The van der Waals surface area contributed by atoms with E-state index < -0.39 is 6.10 Å². The van der Waals surface area contributed by atoms with Gasteiger partial charge in [-0.2, -0.15) is 0 Å². The predicted octanol–water partition coefficient (Wildman–Crippen LogP) is -11.6. The molecule has 0 fully saturated rings. The molecular weight excluding hydrogens is 276 g/mol. The fourth-order valence-corrected chi connectivity index (χ4v) is 0.0577. The van der Waals surface area contributed by atoms with E-state index in [4.69, 9.17) is 15.3 Å². The summed E-state index contributed by atoms with van der Waals surface area (Å²) in [5.41, 5.74) is 0. The van der Waals surface area contributed by atoms with Crippen molar-refractivity contribution in [2.75, 3.05) is 13.2 Å². The first-order valence-corrected chi connectivity index (χ1v) is 1.71. The number of hydrogen-bond acceptors (Lipinski definition) is 3. The lowest BCUT2D eigenvalue weighted by Crippen LogP contribution is -2.15. The molecule has 0 aromatic rings. The highest BCUT2D eigenvalue weighted by Crippen LogP contribution is 1.71. The van der Waals surface area contributed by atoms with Gasteiger partial charge >= 0.3 is 0 Å². The van der Waals surface area contributed by atoms with E-state index in [2.05, 4.69) is 0 Å². The van der Waals surface area contributed by atoms with Gasteiger partial charge in [0.2, 0.25) is 0 Å². The molecular formula is C3H32O15. The maximum Gasteiger partial charge on any atom is 0.100 e. The fourth-order valence-electron chi connectivity index (χ4n) is 0.0577. The lowest BCUT2D eigenvalue weighted by Gasteiger charge is -1.96. The second-order valence-electron chi connectivity index (χ2n) is 1.02. The standard InChI is InChI=1S/C3H8O3.12H2O/c4-1-3(6)2-5;;;;;;;;;;;;/h3-6H,1-2H2;12*1H2. The quantitative estimate of drug-likeness (QED) is 0.447. The van der Waals surface area contributed by atoms with E-state index in [1.54, 1.807) is 0 Å². The van der Waals surface area contributed by atoms with E-state index >= 15 is 0 Å². The molecule has 0 bridgehead atoms. The minimum Gasteiger partial charge on any atom is -0.412 e. The Bertz CT molecular complexity index is 30.9. The summed E-state index contributed by atoms with van der Waals surface area (Å²) in [7, 11) is 0. The molecule has 0 amide bonds. The topological polar surface area (TPSA) is 439 Å². The fraction of sp³-hybridized carbons (Fsp3) is 1.00. The molecule has 0 rings (SSSR count). The van der Waals surface area contributed by atoms with Crippen LogP contribution in [0.4, 0.5) is 0 Å². The Labute approximate surface area is 102 Å². The Morgan fingerprint density at radius 2 is 0.556 bits per heavy atom. The third kappa shape index (κ3) is 276. The van der Waals surface area contributed by atoms with Gasteiger partial charge in [0.05, 0.1) is 13.2 Å². The number of rotatable bonds is 2. The van der Waals surface area contributed by atoms with Crippen molar-refractivity contribution in [3.63, 3.8) is 0 Å². The second-order valence-corrected chi connectivity index (χ2v) is 1.02. The maximum atomic E-state index is 8.17. The van der Waals surface area contributed by atoms with Gasteiger partial charge < -0.3 is 81.0 Å². The SMILES string of the molecule is O.O.O.O.O.O.O.O.O.O.O.O.OCC(O)CO. The van der Waals surface area contributed by atoms with Gasteiger partial charge in [-0.1, -0.05) is 0 Å². The molecule has 15 nitrogen and oxygen atoms in total. The molecule has 27 N–H and O–H groups in total. The van der Waals surface area contributed by atoms with Crippen LogP contribution < -0.4 is 0 Å². The van der Waals surface area contributed by atoms with Crippen LogP contribution in [0.1, 0.15) is 0 Å². The second kappa shape index (κ2) is 201. The Morgan fingerprint density at radius 1 is 0.444 bits per heavy atom. The average molecular weight is 308 g/mol. The lowest BCUT2D eigenvalue weighted by atomic mass is 10.4. The van der Waals surface area contributed by atoms with Gasteiger partial charge in [0, 0.05) is 0 Å². The van der Waals surface area contributed by atoms with Crippen LogP contribution in [-0.2, 0) is 0 Å². The van der Waals surface area contributed by atoms with E-state index in [0.29, 0.717) is 0 Å². The van der Waals surface area contributed by atoms with Crippen molar-refractivity contribution in [2.24, 2.45) is 0 Å². The van der Waals surface area contributed by atoms with Crippen molar-refractivity contribution in [3.05, 3.63) is 0 Å². The Kier molecular flexibility index (Phi) is 2700. The summed E-state index contributed by atoms with van der Waals surface area (Å²) < 4.78 is 0. The normalized spacial score (nSPS) is 3.33. The molecule has 0 radical (unpaired) electrons. The first-order chi connectivity index (χ1) is 2.81. The van der Waals surface area contributed by atoms with Crippen LogP contribution in [0.3, 0.4) is 0 Å². The zero-order chi connectivity index (χ0) is 4.99. The minimum absolute atomic E-state index is 0. The smallest absolute Gasteiger partial charge is 0.100 e. The van der Waals surface area contributed by atoms with Crippen molar-refractivity contribution < 1.29 is 81.0 Å². The molecule has 0 unspecified atom stereocenters. The van der Waals surface area contributed by atoms with Crippen molar-refractivity contribution in [1.82, 2.24) is 0 Å². The van der Waals surface area contributed by atoms with Crippen LogP contribution >= 0.6 is 0 Å². The van der Waals surface area contributed by atoms with Crippen molar-refractivity contribution in [3.8, 4) is 0 Å². The van der Waals surface area contributed by atoms with Crippen molar-refractivity contribution >= 4 is 0 Å². The summed E-state index contributed by atoms with van der Waals surface area (Å²) in [5.74, 6) is 0. The molecule has 0 spiro atoms. The van der Waals surface area contributed by atoms with Gasteiger partial charge in [0.25, 0.3) is 0 Å². The zero-order valence-electron chi connectivity index (χ0n) is 9.33. The highest BCUT2D eigenvalue weighted by Gasteiger charge is 1.93. The first kappa shape index (κ1) is 242. The summed E-state index contributed by atoms with van der Waals surface area (Å²) >= 11 is 0. The third-order valence-corrected chi connectivity index (χ3v) is 0.421. The Balaban J connectivity index is -0.00000000189. The van der Waals surface area contributed by atoms with Crippen LogP contribution in [-0.4, -0.2) is 100 Å². The van der Waals surface area contributed by atoms with Crippen LogP contribution in [0.25, 0.3) is 0 Å². The molecule has 0 aliphatic heterocycles. The largest absolute Gasteiger partial charge is 0.412 e. The van der Waals surface area contributed by atoms with E-state index in [9.17, 15) is 0 Å². The highest BCUT2D eigenvalue weighted by molar-refractivity contribution is 4.43. The lowest BCUT2D eigenvalue weighted by molar-refractivity contribution is 0.0450. The summed E-state index contributed by atoms with van der Waals surface area (Å²) in [6.07, 6.45) is -0.954. The summed E-state index contributed by atoms with van der Waals surface area (Å²) in [5, 5.41) is 24.0. The monoisotopic (exact) mass is 308 g/mol. The molecule has 0 aromatic carbocycles. The minimum atomic E-state index is -0.954. The number of hydrogen-bond donors (Lipinski definition) is 3. The summed E-state index contributed by atoms with van der Waals surface area (Å²) in [6, 6.07) is 0. The van der Waals surface area contributed by atoms with Gasteiger partial charge in [-0.05, 0) is 0 Å². The van der Waals surface area contributed by atoms with Gasteiger partial charge in [-0.3, -0.25) is 0 Å². The predicted molar refractivity (Wildman–Crippen MR) is 63.5 cm³/mol. The van der Waals surface area contributed by atoms with E-state index in [0.717, 1.165) is 0 Å². The average Bonchev–Trinajstić information content (AvgIpc) is 1.65. The molecule has 15 heteroatoms. The molecule has 0 saturated heterocycles. The van der Waals surface area contributed by atoms with Gasteiger partial charge in [0.1, 0.15) is 6.10 Å². The van der Waals surface area contributed by atoms with Gasteiger partial charge in [0.15, 0.2) is 0 Å². The van der Waals surface area contributed by atoms with Gasteiger partial charge in [-0.25, -0.2) is 0 Å². The molecule has 0 heterocycles. The van der Waals surface area contributed by atoms with Crippen LogP contribution in [0, 0.1) is 0 Å². The molecule has 134 valence electrons. The zero-order valence-corrected chi connectivity index (χ0v) is 9.33.